The molecule has 0 bridgehead atoms. The predicted octanol–water partition coefficient (Wildman–Crippen LogP) is 2.65. The van der Waals surface area contributed by atoms with Gasteiger partial charge in [-0.2, -0.15) is 0 Å². The summed E-state index contributed by atoms with van der Waals surface area (Å²) in [5, 5.41) is 0.617. The monoisotopic (exact) mass is 304 g/mol. The average molecular weight is 304 g/mol. The molecule has 0 aliphatic rings. The van der Waals surface area contributed by atoms with Gasteiger partial charge < -0.3 is 10.5 Å². The van der Waals surface area contributed by atoms with E-state index in [0.717, 1.165) is 11.1 Å². The molecule has 0 fully saturated rings. The van der Waals surface area contributed by atoms with Crippen LogP contribution < -0.4 is 5.73 Å². The highest BCUT2D eigenvalue weighted by Crippen LogP contribution is 2.29. The lowest BCUT2D eigenvalue weighted by Crippen LogP contribution is -2.09. The molecule has 5 nitrogen and oxygen atoms in total. The maximum absolute atomic E-state index is 11.9. The Morgan fingerprint density at radius 1 is 1.29 bits per heavy atom. The van der Waals surface area contributed by atoms with E-state index in [2.05, 4.69) is 4.98 Å². The van der Waals surface area contributed by atoms with Crippen LogP contribution in [0.1, 0.15) is 39.6 Å². The number of nitrogens with two attached hydrogens (primary N) is 1. The van der Waals surface area contributed by atoms with Gasteiger partial charge >= 0.3 is 5.97 Å². The van der Waals surface area contributed by atoms with Crippen LogP contribution in [0.5, 0.6) is 0 Å². The molecule has 0 atom stereocenters. The van der Waals surface area contributed by atoms with E-state index in [1.807, 2.05) is 24.3 Å². The normalized spacial score (nSPS) is 10.4. The van der Waals surface area contributed by atoms with E-state index < -0.39 is 5.97 Å². The van der Waals surface area contributed by atoms with Crippen LogP contribution in [0.15, 0.2) is 24.3 Å². The fraction of sp³-hybridized carbons (Fsp3) is 0.267. The third-order valence-corrected chi connectivity index (χ3v) is 4.06. The third-order valence-electron chi connectivity index (χ3n) is 2.85. The molecule has 1 aromatic heterocycles. The summed E-state index contributed by atoms with van der Waals surface area (Å²) in [7, 11) is 0. The van der Waals surface area contributed by atoms with E-state index in [4.69, 9.17) is 10.5 Å². The lowest BCUT2D eigenvalue weighted by molar-refractivity contribution is 0.0517. The number of rotatable bonds is 5. The van der Waals surface area contributed by atoms with Gasteiger partial charge in [-0.3, -0.25) is 4.79 Å². The molecule has 0 amide bonds. The molecule has 110 valence electrons. The molecule has 1 heterocycles. The fourth-order valence-electron chi connectivity index (χ4n) is 1.80. The Kier molecular flexibility index (Phi) is 4.82. The molecule has 0 aliphatic carbocycles. The molecule has 2 aromatic rings. The number of Topliss-reactive ketones (excluding diaryl/α,β-unsaturated/α-hetero) is 1. The number of aromatic nitrogens is 1. The van der Waals surface area contributed by atoms with Crippen LogP contribution in [-0.4, -0.2) is 23.3 Å². The molecule has 0 radical (unpaired) electrons. The standard InChI is InChI=1S/C15H16N2O3S/c1-3-20-15(19)12-13(9(2)18)21-14(17-12)11-6-4-10(8-16)5-7-11/h4-7H,3,8,16H2,1-2H3. The summed E-state index contributed by atoms with van der Waals surface area (Å²) >= 11 is 1.20. The molecule has 21 heavy (non-hydrogen) atoms. The maximum Gasteiger partial charge on any atom is 0.358 e. The number of carbonyl (C=O) groups excluding carboxylic acids is 2. The number of ketones is 1. The van der Waals surface area contributed by atoms with Gasteiger partial charge in [0.15, 0.2) is 11.5 Å². The largest absolute Gasteiger partial charge is 0.461 e. The molecule has 2 rings (SSSR count). The zero-order valence-electron chi connectivity index (χ0n) is 11.9. The maximum atomic E-state index is 11.9. The minimum atomic E-state index is -0.566. The molecule has 0 saturated carbocycles. The molecule has 0 spiro atoms. The van der Waals surface area contributed by atoms with E-state index in [1.54, 1.807) is 6.92 Å². The quantitative estimate of drug-likeness (QED) is 0.678. The van der Waals surface area contributed by atoms with Gasteiger partial charge in [-0.15, -0.1) is 11.3 Å². The van der Waals surface area contributed by atoms with Crippen molar-refractivity contribution >= 4 is 23.1 Å². The van der Waals surface area contributed by atoms with Crippen molar-refractivity contribution < 1.29 is 14.3 Å². The summed E-state index contributed by atoms with van der Waals surface area (Å²) < 4.78 is 4.94. The molecule has 0 unspecified atom stereocenters. The Morgan fingerprint density at radius 3 is 2.48 bits per heavy atom. The Morgan fingerprint density at radius 2 is 1.95 bits per heavy atom. The number of carbonyl (C=O) groups is 2. The molecule has 1 aromatic carbocycles. The summed E-state index contributed by atoms with van der Waals surface area (Å²) in [6.45, 7) is 3.83. The average Bonchev–Trinajstić information content (AvgIpc) is 2.93. The highest BCUT2D eigenvalue weighted by atomic mass is 32.1. The molecular formula is C15H16N2O3S. The summed E-state index contributed by atoms with van der Waals surface area (Å²) in [4.78, 5) is 28.1. The second kappa shape index (κ2) is 6.60. The molecule has 0 saturated heterocycles. The van der Waals surface area contributed by atoms with Crippen molar-refractivity contribution in [2.45, 2.75) is 20.4 Å². The fourth-order valence-corrected chi connectivity index (χ4v) is 2.76. The number of nitrogens with zero attached hydrogens (tertiary/aromatic N) is 1. The lowest BCUT2D eigenvalue weighted by atomic mass is 10.1. The Bertz CT molecular complexity index is 662. The van der Waals surface area contributed by atoms with Crippen LogP contribution in [0, 0.1) is 0 Å². The van der Waals surface area contributed by atoms with Crippen LogP contribution in [0.4, 0.5) is 0 Å². The second-order valence-corrected chi connectivity index (χ2v) is 5.37. The molecule has 0 aliphatic heterocycles. The lowest BCUT2D eigenvalue weighted by Gasteiger charge is -1.99. The SMILES string of the molecule is CCOC(=O)c1nc(-c2ccc(CN)cc2)sc1C(C)=O. The van der Waals surface area contributed by atoms with Gasteiger partial charge in [0.05, 0.1) is 6.61 Å². The van der Waals surface area contributed by atoms with Crippen molar-refractivity contribution in [3.05, 3.63) is 40.4 Å². The van der Waals surface area contributed by atoms with Gasteiger partial charge in [-0.05, 0) is 12.5 Å². The molecular weight excluding hydrogens is 288 g/mol. The van der Waals surface area contributed by atoms with E-state index in [0.29, 0.717) is 16.4 Å². The first-order chi connectivity index (χ1) is 10.1. The summed E-state index contributed by atoms with van der Waals surface area (Å²) in [6.07, 6.45) is 0. The van der Waals surface area contributed by atoms with E-state index in [-0.39, 0.29) is 18.1 Å². The third kappa shape index (κ3) is 3.34. The Labute approximate surface area is 126 Å². The van der Waals surface area contributed by atoms with Crippen molar-refractivity contribution in [1.82, 2.24) is 4.98 Å². The van der Waals surface area contributed by atoms with E-state index >= 15 is 0 Å². The smallest absolute Gasteiger partial charge is 0.358 e. The highest BCUT2D eigenvalue weighted by molar-refractivity contribution is 7.17. The van der Waals surface area contributed by atoms with Gasteiger partial charge in [0.2, 0.25) is 0 Å². The summed E-state index contributed by atoms with van der Waals surface area (Å²) in [5.74, 6) is -0.760. The summed E-state index contributed by atoms with van der Waals surface area (Å²) in [6, 6.07) is 7.54. The van der Waals surface area contributed by atoms with Crippen LogP contribution in [0.2, 0.25) is 0 Å². The Balaban J connectivity index is 2.42. The van der Waals surface area contributed by atoms with E-state index in [9.17, 15) is 9.59 Å². The Hall–Kier alpha value is -2.05. The number of thiazole rings is 1. The number of hydrogen-bond acceptors (Lipinski definition) is 6. The van der Waals surface area contributed by atoms with Gasteiger partial charge in [0.25, 0.3) is 0 Å². The van der Waals surface area contributed by atoms with Crippen molar-refractivity contribution in [1.29, 1.82) is 0 Å². The van der Waals surface area contributed by atoms with Gasteiger partial charge in [0, 0.05) is 19.0 Å². The van der Waals surface area contributed by atoms with Gasteiger partial charge in [-0.1, -0.05) is 24.3 Å². The van der Waals surface area contributed by atoms with Crippen LogP contribution in [0.3, 0.4) is 0 Å². The minimum absolute atomic E-state index is 0.0900. The van der Waals surface area contributed by atoms with Crippen LogP contribution in [-0.2, 0) is 11.3 Å². The second-order valence-electron chi connectivity index (χ2n) is 4.37. The number of benzene rings is 1. The van der Waals surface area contributed by atoms with Crippen molar-refractivity contribution in [3.8, 4) is 10.6 Å². The first-order valence-corrected chi connectivity index (χ1v) is 7.36. The van der Waals surface area contributed by atoms with Crippen molar-refractivity contribution in [2.24, 2.45) is 5.73 Å². The van der Waals surface area contributed by atoms with Gasteiger partial charge in [0.1, 0.15) is 9.88 Å². The zero-order valence-corrected chi connectivity index (χ0v) is 12.7. The van der Waals surface area contributed by atoms with Gasteiger partial charge in [-0.25, -0.2) is 9.78 Å². The molecule has 2 N–H and O–H groups in total. The first-order valence-electron chi connectivity index (χ1n) is 6.55. The van der Waals surface area contributed by atoms with Crippen molar-refractivity contribution in [2.75, 3.05) is 6.61 Å². The van der Waals surface area contributed by atoms with Crippen molar-refractivity contribution in [3.63, 3.8) is 0 Å². The topological polar surface area (TPSA) is 82.3 Å². The van der Waals surface area contributed by atoms with Crippen LogP contribution in [0.25, 0.3) is 10.6 Å². The summed E-state index contributed by atoms with van der Waals surface area (Å²) in [5.41, 5.74) is 7.50. The molecule has 6 heteroatoms. The van der Waals surface area contributed by atoms with E-state index in [1.165, 1.54) is 18.3 Å². The first kappa shape index (κ1) is 15.3. The van der Waals surface area contributed by atoms with Crippen LogP contribution >= 0.6 is 11.3 Å². The minimum Gasteiger partial charge on any atom is -0.461 e. The number of ether oxygens (including phenoxy) is 1. The number of hydrogen-bond donors (Lipinski definition) is 1. The highest BCUT2D eigenvalue weighted by Gasteiger charge is 2.22. The zero-order chi connectivity index (χ0) is 15.4. The number of esters is 1. The predicted molar refractivity (Wildman–Crippen MR) is 81.4 cm³/mol.